The smallest absolute Gasteiger partial charge is 0.178 e. The zero-order chi connectivity index (χ0) is 7.40. The molecule has 0 saturated heterocycles. The van der Waals surface area contributed by atoms with Crippen molar-refractivity contribution in [3.63, 3.8) is 0 Å². The number of oxime groups is 1. The molecule has 1 atom stereocenters. The normalized spacial score (nSPS) is 14.3. The van der Waals surface area contributed by atoms with E-state index in [0.29, 0.717) is 5.71 Å². The summed E-state index contributed by atoms with van der Waals surface area (Å²) in [7, 11) is 2.00. The largest absolute Gasteiger partial charge is 0.383 e. The molecule has 0 radical (unpaired) electrons. The molecule has 11 heavy (non-hydrogen) atoms. The second-order valence-electron chi connectivity index (χ2n) is 1.69. The highest BCUT2D eigenvalue weighted by Gasteiger charge is 1.98. The fraction of sp³-hybridized carbons (Fsp3) is 0.143. The minimum Gasteiger partial charge on any atom is -0.383 e. The molecule has 0 fully saturated rings. The van der Waals surface area contributed by atoms with Crippen LogP contribution in [0.4, 0.5) is 0 Å². The van der Waals surface area contributed by atoms with E-state index >= 15 is 0 Å². The van der Waals surface area contributed by atoms with Crippen LogP contribution in [0.3, 0.4) is 0 Å². The molecular weight excluding hydrogens is 161 g/mol. The lowest BCUT2D eigenvalue weighted by Crippen LogP contribution is -1.98. The molecule has 0 aromatic carbocycles. The Hall–Kier alpha value is -0.950. The van der Waals surface area contributed by atoms with E-state index in [4.69, 9.17) is 0 Å². The lowest BCUT2D eigenvalue weighted by molar-refractivity contribution is -0.110. The highest BCUT2D eigenvalue weighted by atomic mass is 31.0. The van der Waals surface area contributed by atoms with Gasteiger partial charge in [0.05, 0.1) is 9.47 Å². The summed E-state index contributed by atoms with van der Waals surface area (Å²) in [5, 5.41) is 3.57. The van der Waals surface area contributed by atoms with Crippen LogP contribution in [0, 0.1) is 0 Å². The van der Waals surface area contributed by atoms with Crippen molar-refractivity contribution in [3.05, 3.63) is 24.3 Å². The minimum absolute atomic E-state index is 0. The van der Waals surface area contributed by atoms with Crippen LogP contribution in [0.2, 0.25) is 0 Å². The molecule has 0 aromatic rings. The number of hydrogen-bond acceptors (Lipinski definition) is 3. The molecule has 0 N–H and O–H groups in total. The van der Waals surface area contributed by atoms with Crippen LogP contribution in [0.15, 0.2) is 29.5 Å². The molecule has 0 spiro atoms. The van der Waals surface area contributed by atoms with Gasteiger partial charge < -0.3 is 4.62 Å². The highest BCUT2D eigenvalue weighted by molar-refractivity contribution is 7.09. The number of nitrogens with zero attached hydrogens (tertiary/aromatic N) is 1. The van der Waals surface area contributed by atoms with Crippen molar-refractivity contribution in [3.8, 4) is 0 Å². The van der Waals surface area contributed by atoms with Gasteiger partial charge in [0.1, 0.15) is 5.71 Å². The molecule has 0 bridgehead atoms. The Morgan fingerprint density at radius 1 is 1.27 bits per heavy atom. The Labute approximate surface area is 68.1 Å². The Bertz CT molecular complexity index is 213. The van der Waals surface area contributed by atoms with Crippen molar-refractivity contribution in [2.75, 3.05) is 0 Å². The van der Waals surface area contributed by atoms with Gasteiger partial charge in [0.25, 0.3) is 0 Å². The standard InChI is InChI=1S/C6H6NO2P.CH4/c8-6-3-1-5(2-4-6)7-9-10;/h1-4H,10H2;1H4. The van der Waals surface area contributed by atoms with E-state index in [1.807, 2.05) is 9.47 Å². The van der Waals surface area contributed by atoms with Gasteiger partial charge in [-0.25, -0.2) is 0 Å². The zero-order valence-corrected chi connectivity index (χ0v) is 6.31. The summed E-state index contributed by atoms with van der Waals surface area (Å²) >= 11 is 0. The molecule has 0 aliphatic heterocycles. The molecule has 1 unspecified atom stereocenters. The third-order valence-electron chi connectivity index (χ3n) is 0.995. The third-order valence-corrected chi connectivity index (χ3v) is 1.10. The minimum atomic E-state index is -0.0253. The Morgan fingerprint density at radius 3 is 2.27 bits per heavy atom. The topological polar surface area (TPSA) is 38.7 Å². The van der Waals surface area contributed by atoms with Crippen molar-refractivity contribution in [2.24, 2.45) is 5.16 Å². The van der Waals surface area contributed by atoms with Gasteiger partial charge >= 0.3 is 0 Å². The van der Waals surface area contributed by atoms with E-state index in [-0.39, 0.29) is 13.2 Å². The summed E-state index contributed by atoms with van der Waals surface area (Å²) in [5.74, 6) is -0.0253. The summed E-state index contributed by atoms with van der Waals surface area (Å²) in [4.78, 5) is 10.5. The van der Waals surface area contributed by atoms with Gasteiger partial charge in [-0.05, 0) is 24.3 Å². The molecule has 0 saturated carbocycles. The van der Waals surface area contributed by atoms with Gasteiger partial charge in [0, 0.05) is 0 Å². The lowest BCUT2D eigenvalue weighted by Gasteiger charge is -1.95. The van der Waals surface area contributed by atoms with Gasteiger partial charge in [-0.15, -0.1) is 0 Å². The molecule has 1 aliphatic carbocycles. The zero-order valence-electron chi connectivity index (χ0n) is 5.15. The molecule has 0 aromatic heterocycles. The first-order chi connectivity index (χ1) is 4.83. The quantitative estimate of drug-likeness (QED) is 0.340. The monoisotopic (exact) mass is 171 g/mol. The lowest BCUT2D eigenvalue weighted by atomic mass is 10.2. The third kappa shape index (κ3) is 3.10. The average Bonchev–Trinajstić information content (AvgIpc) is 1.95. The number of hydrogen-bond donors (Lipinski definition) is 0. The van der Waals surface area contributed by atoms with Crippen molar-refractivity contribution < 1.29 is 9.42 Å². The highest BCUT2D eigenvalue weighted by Crippen LogP contribution is 1.97. The Kier molecular flexibility index (Phi) is 4.39. The second kappa shape index (κ2) is 4.80. The van der Waals surface area contributed by atoms with Crippen molar-refractivity contribution in [2.45, 2.75) is 7.43 Å². The summed E-state index contributed by atoms with van der Waals surface area (Å²) < 4.78 is 4.41. The maximum atomic E-state index is 10.5. The fourth-order valence-electron chi connectivity index (χ4n) is 0.568. The number of carbonyl (C=O) groups is 1. The molecule has 1 aliphatic rings. The summed E-state index contributed by atoms with van der Waals surface area (Å²) in [6, 6.07) is 0. The van der Waals surface area contributed by atoms with Gasteiger partial charge in [-0.1, -0.05) is 12.6 Å². The molecular formula is C7H10NO2P. The molecule has 0 amide bonds. The maximum Gasteiger partial charge on any atom is 0.178 e. The number of rotatable bonds is 1. The summed E-state index contributed by atoms with van der Waals surface area (Å²) in [6.45, 7) is 0. The maximum absolute atomic E-state index is 10.5. The van der Waals surface area contributed by atoms with Gasteiger partial charge in [-0.2, -0.15) is 0 Å². The van der Waals surface area contributed by atoms with Crippen LogP contribution < -0.4 is 0 Å². The SMILES string of the molecule is C.O=C1C=CC(=NOP)C=C1. The van der Waals surface area contributed by atoms with Gasteiger partial charge in [-0.3, -0.25) is 4.79 Å². The van der Waals surface area contributed by atoms with Crippen LogP contribution in [0.25, 0.3) is 0 Å². The van der Waals surface area contributed by atoms with Gasteiger partial charge in [0.2, 0.25) is 0 Å². The van der Waals surface area contributed by atoms with Crippen LogP contribution in [0.1, 0.15) is 7.43 Å². The first-order valence-corrected chi connectivity index (χ1v) is 3.14. The first kappa shape index (κ1) is 10.0. The average molecular weight is 171 g/mol. The molecule has 0 heterocycles. The van der Waals surface area contributed by atoms with Crippen LogP contribution in [-0.4, -0.2) is 11.5 Å². The van der Waals surface area contributed by atoms with Crippen LogP contribution in [-0.2, 0) is 9.42 Å². The molecule has 60 valence electrons. The fourth-order valence-corrected chi connectivity index (χ4v) is 0.690. The predicted octanol–water partition coefficient (Wildman–Crippen LogP) is 1.48. The molecule has 3 nitrogen and oxygen atoms in total. The first-order valence-electron chi connectivity index (χ1n) is 2.67. The molecule has 4 heteroatoms. The van der Waals surface area contributed by atoms with E-state index in [0.717, 1.165) is 0 Å². The van der Waals surface area contributed by atoms with Crippen molar-refractivity contribution in [1.82, 2.24) is 0 Å². The van der Waals surface area contributed by atoms with E-state index in [9.17, 15) is 4.79 Å². The van der Waals surface area contributed by atoms with E-state index in [1.54, 1.807) is 12.2 Å². The van der Waals surface area contributed by atoms with Crippen LogP contribution in [0.5, 0.6) is 0 Å². The Balaban J connectivity index is 0.000001000. The number of allylic oxidation sites excluding steroid dienone is 4. The summed E-state index contributed by atoms with van der Waals surface area (Å²) in [6.07, 6.45) is 6.05. The van der Waals surface area contributed by atoms with E-state index in [1.165, 1.54) is 12.2 Å². The van der Waals surface area contributed by atoms with Crippen LogP contribution >= 0.6 is 9.47 Å². The molecule has 1 rings (SSSR count). The van der Waals surface area contributed by atoms with Crippen molar-refractivity contribution >= 4 is 21.0 Å². The Morgan fingerprint density at radius 2 is 1.82 bits per heavy atom. The van der Waals surface area contributed by atoms with Gasteiger partial charge in [0.15, 0.2) is 5.78 Å². The second-order valence-corrected chi connectivity index (χ2v) is 1.90. The van der Waals surface area contributed by atoms with E-state index in [2.05, 4.69) is 9.78 Å². The number of ketones is 1. The number of carbonyl (C=O) groups excluding carboxylic acids is 1. The van der Waals surface area contributed by atoms with E-state index < -0.39 is 0 Å². The summed E-state index contributed by atoms with van der Waals surface area (Å²) in [5.41, 5.74) is 0.634. The van der Waals surface area contributed by atoms with Crippen molar-refractivity contribution in [1.29, 1.82) is 0 Å². The predicted molar refractivity (Wildman–Crippen MR) is 48.2 cm³/mol.